The summed E-state index contributed by atoms with van der Waals surface area (Å²) in [6, 6.07) is 19.5. The summed E-state index contributed by atoms with van der Waals surface area (Å²) in [5, 5.41) is 12.8. The monoisotopic (exact) mass is 559 g/mol. The number of aromatic nitrogens is 4. The molecule has 1 aliphatic heterocycles. The Morgan fingerprint density at radius 2 is 1.85 bits per heavy atom. The Morgan fingerprint density at radius 1 is 1.13 bits per heavy atom. The molecule has 0 aliphatic carbocycles. The maximum absolute atomic E-state index is 14.0. The van der Waals surface area contributed by atoms with Crippen LogP contribution in [0, 0.1) is 0 Å². The van der Waals surface area contributed by atoms with Crippen molar-refractivity contribution in [3.63, 3.8) is 0 Å². The van der Waals surface area contributed by atoms with E-state index in [1.807, 2.05) is 59.9 Å². The van der Waals surface area contributed by atoms with Crippen LogP contribution in [0.4, 0.5) is 5.69 Å². The highest BCUT2D eigenvalue weighted by Gasteiger charge is 2.32. The number of para-hydroxylation sites is 1. The molecule has 0 bridgehead atoms. The van der Waals surface area contributed by atoms with Crippen LogP contribution in [0.3, 0.4) is 0 Å². The van der Waals surface area contributed by atoms with Gasteiger partial charge in [0.05, 0.1) is 22.8 Å². The van der Waals surface area contributed by atoms with Crippen molar-refractivity contribution in [1.82, 2.24) is 19.2 Å². The van der Waals surface area contributed by atoms with Gasteiger partial charge in [-0.05, 0) is 50.5 Å². The van der Waals surface area contributed by atoms with Gasteiger partial charge in [-0.15, -0.1) is 21.5 Å². The van der Waals surface area contributed by atoms with Crippen molar-refractivity contribution < 1.29 is 9.53 Å². The van der Waals surface area contributed by atoms with Crippen LogP contribution < -0.4 is 10.9 Å². The van der Waals surface area contributed by atoms with Gasteiger partial charge in [0.1, 0.15) is 4.83 Å². The molecule has 1 unspecified atom stereocenters. The molecule has 0 saturated carbocycles. The van der Waals surface area contributed by atoms with E-state index in [4.69, 9.17) is 4.74 Å². The molecule has 0 saturated heterocycles. The third kappa shape index (κ3) is 4.99. The smallest absolute Gasteiger partial charge is 0.263 e. The van der Waals surface area contributed by atoms with Crippen LogP contribution in [0.1, 0.15) is 36.8 Å². The first-order valence-corrected chi connectivity index (χ1v) is 14.6. The van der Waals surface area contributed by atoms with E-state index < -0.39 is 5.25 Å². The topological polar surface area (TPSA) is 90.5 Å². The highest BCUT2D eigenvalue weighted by molar-refractivity contribution is 8.00. The molecule has 10 heteroatoms. The van der Waals surface area contributed by atoms with Gasteiger partial charge in [-0.1, -0.05) is 60.3 Å². The van der Waals surface area contributed by atoms with Gasteiger partial charge in [-0.25, -0.2) is 4.40 Å². The van der Waals surface area contributed by atoms with Crippen LogP contribution in [0.5, 0.6) is 0 Å². The standard InChI is InChI=1S/C29H29N5O3S2/c1-18(24(35)30-20-12-8-5-9-13-20)38-28-32-31-27-33(15-14-19-10-6-4-7-11-19)25(36)23-21-16-29(2,3)37-17-22(21)39-26(23)34(27)28/h4-13,18H,14-17H2,1-3H3,(H,30,35). The van der Waals surface area contributed by atoms with Crippen LogP contribution in [0.25, 0.3) is 16.0 Å². The van der Waals surface area contributed by atoms with Gasteiger partial charge in [-0.3, -0.25) is 14.2 Å². The first kappa shape index (κ1) is 25.8. The molecule has 1 N–H and O–H groups in total. The SMILES string of the molecule is CC(Sc1nnc2n(CCc3ccccc3)c(=O)c3c4c(sc3n12)COC(C)(C)C4)C(=O)Nc1ccccc1. The van der Waals surface area contributed by atoms with Gasteiger partial charge in [-0.2, -0.15) is 0 Å². The van der Waals surface area contributed by atoms with Crippen molar-refractivity contribution in [3.05, 3.63) is 87.0 Å². The van der Waals surface area contributed by atoms with Gasteiger partial charge in [0, 0.05) is 23.5 Å². The average Bonchev–Trinajstić information content (AvgIpc) is 3.50. The zero-order valence-electron chi connectivity index (χ0n) is 22.0. The highest BCUT2D eigenvalue weighted by Crippen LogP contribution is 2.39. The maximum Gasteiger partial charge on any atom is 0.263 e. The molecule has 1 atom stereocenters. The molecule has 1 amide bonds. The van der Waals surface area contributed by atoms with E-state index in [9.17, 15) is 9.59 Å². The minimum Gasteiger partial charge on any atom is -0.370 e. The third-order valence-corrected chi connectivity index (χ3v) is 9.18. The van der Waals surface area contributed by atoms with E-state index in [2.05, 4.69) is 41.5 Å². The number of thioether (sulfide) groups is 1. The second-order valence-corrected chi connectivity index (χ2v) is 12.7. The minimum absolute atomic E-state index is 0.0533. The number of fused-ring (bicyclic) bond motifs is 5. The minimum atomic E-state index is -0.436. The normalized spacial score (nSPS) is 15.4. The number of hydrogen-bond acceptors (Lipinski definition) is 7. The zero-order valence-corrected chi connectivity index (χ0v) is 23.6. The Labute approximate surface area is 234 Å². The molecule has 5 aromatic rings. The first-order valence-electron chi connectivity index (χ1n) is 12.9. The quantitative estimate of drug-likeness (QED) is 0.272. The summed E-state index contributed by atoms with van der Waals surface area (Å²) in [5.74, 6) is 0.359. The Balaban J connectivity index is 1.43. The Morgan fingerprint density at radius 3 is 2.59 bits per heavy atom. The molecule has 0 radical (unpaired) electrons. The van der Waals surface area contributed by atoms with Crippen LogP contribution in [-0.4, -0.2) is 35.9 Å². The van der Waals surface area contributed by atoms with Gasteiger partial charge in [0.25, 0.3) is 5.56 Å². The van der Waals surface area contributed by atoms with E-state index >= 15 is 0 Å². The summed E-state index contributed by atoms with van der Waals surface area (Å²) >= 11 is 2.89. The van der Waals surface area contributed by atoms with Gasteiger partial charge in [0.15, 0.2) is 5.16 Å². The summed E-state index contributed by atoms with van der Waals surface area (Å²) in [4.78, 5) is 28.9. The fraction of sp³-hybridized carbons (Fsp3) is 0.310. The molecular formula is C29H29N5O3S2. The summed E-state index contributed by atoms with van der Waals surface area (Å²) in [6.07, 6.45) is 1.34. The second kappa shape index (κ2) is 10.3. The fourth-order valence-electron chi connectivity index (χ4n) is 4.90. The van der Waals surface area contributed by atoms with Crippen molar-refractivity contribution >= 4 is 50.7 Å². The van der Waals surface area contributed by atoms with Crippen LogP contribution in [0.2, 0.25) is 0 Å². The molecule has 6 rings (SSSR count). The molecule has 1 aliphatic rings. The first-order chi connectivity index (χ1) is 18.8. The lowest BCUT2D eigenvalue weighted by Gasteiger charge is -2.29. The lowest BCUT2D eigenvalue weighted by Crippen LogP contribution is -2.32. The second-order valence-electron chi connectivity index (χ2n) is 10.3. The average molecular weight is 560 g/mol. The van der Waals surface area contributed by atoms with Crippen molar-refractivity contribution in [1.29, 1.82) is 0 Å². The Kier molecular flexibility index (Phi) is 6.78. The Bertz CT molecular complexity index is 1720. The van der Waals surface area contributed by atoms with E-state index in [0.717, 1.165) is 26.5 Å². The number of anilines is 1. The van der Waals surface area contributed by atoms with E-state index in [-0.39, 0.29) is 17.1 Å². The summed E-state index contributed by atoms with van der Waals surface area (Å²) in [7, 11) is 0. The largest absolute Gasteiger partial charge is 0.370 e. The number of ether oxygens (including phenoxy) is 1. The molecular weight excluding hydrogens is 530 g/mol. The molecule has 4 heterocycles. The molecule has 8 nitrogen and oxygen atoms in total. The molecule has 200 valence electrons. The number of amides is 1. The van der Waals surface area contributed by atoms with E-state index in [1.54, 1.807) is 15.9 Å². The number of carbonyl (C=O) groups is 1. The number of rotatable bonds is 7. The summed E-state index contributed by atoms with van der Waals surface area (Å²) in [6.45, 7) is 6.90. The number of hydrogen-bond donors (Lipinski definition) is 1. The molecule has 0 spiro atoms. The molecule has 39 heavy (non-hydrogen) atoms. The number of aryl methyl sites for hydroxylation is 2. The van der Waals surface area contributed by atoms with Gasteiger partial charge >= 0.3 is 0 Å². The molecule has 2 aromatic carbocycles. The van der Waals surface area contributed by atoms with Crippen molar-refractivity contribution in [3.8, 4) is 0 Å². The third-order valence-electron chi connectivity index (χ3n) is 6.95. The predicted molar refractivity (Wildman–Crippen MR) is 156 cm³/mol. The summed E-state index contributed by atoms with van der Waals surface area (Å²) in [5.41, 5.74) is 2.52. The van der Waals surface area contributed by atoms with Gasteiger partial charge < -0.3 is 10.1 Å². The van der Waals surface area contributed by atoms with Crippen LogP contribution in [0.15, 0.2) is 70.6 Å². The maximum atomic E-state index is 14.0. The van der Waals surface area contributed by atoms with Gasteiger partial charge in [0.2, 0.25) is 11.7 Å². The number of carbonyl (C=O) groups excluding carboxylic acids is 1. The number of nitrogens with zero attached hydrogens (tertiary/aromatic N) is 4. The highest BCUT2D eigenvalue weighted by atomic mass is 32.2. The number of thiophene rings is 1. The van der Waals surface area contributed by atoms with Crippen LogP contribution >= 0.6 is 23.1 Å². The lowest BCUT2D eigenvalue weighted by atomic mass is 9.94. The van der Waals surface area contributed by atoms with E-state index in [1.165, 1.54) is 11.8 Å². The molecule has 0 fully saturated rings. The van der Waals surface area contributed by atoms with Crippen molar-refractivity contribution in [2.24, 2.45) is 0 Å². The lowest BCUT2D eigenvalue weighted by molar-refractivity contribution is -0.115. The summed E-state index contributed by atoms with van der Waals surface area (Å²) < 4.78 is 9.76. The fourth-order valence-corrected chi connectivity index (χ4v) is 7.03. The predicted octanol–water partition coefficient (Wildman–Crippen LogP) is 5.32. The van der Waals surface area contributed by atoms with E-state index in [0.29, 0.717) is 42.3 Å². The number of benzene rings is 2. The van der Waals surface area contributed by atoms with Crippen LogP contribution in [-0.2, 0) is 35.5 Å². The molecule has 3 aromatic heterocycles. The zero-order chi connectivity index (χ0) is 27.1. The van der Waals surface area contributed by atoms with Crippen molar-refractivity contribution in [2.45, 2.75) is 62.8 Å². The van der Waals surface area contributed by atoms with Crippen molar-refractivity contribution in [2.75, 3.05) is 5.32 Å². The Hall–Kier alpha value is -3.47. The number of nitrogens with one attached hydrogen (secondary N) is 1.